The average molecular weight is 242 g/mol. The number of nitrogens with one attached hydrogen (secondary N) is 2. The Morgan fingerprint density at radius 1 is 1.56 bits per heavy atom. The molecule has 0 aromatic rings. The smallest absolute Gasteiger partial charge is 0.238 e. The molecule has 0 aromatic heterocycles. The zero-order valence-corrected chi connectivity index (χ0v) is 11.0. The molecule has 1 aliphatic carbocycles. The molecule has 1 atom stereocenters. The Bertz CT molecular complexity index is 258. The van der Waals surface area contributed by atoms with Crippen molar-refractivity contribution >= 4 is 17.7 Å². The third-order valence-corrected chi connectivity index (χ3v) is 5.03. The van der Waals surface area contributed by atoms with Crippen molar-refractivity contribution in [2.45, 2.75) is 32.7 Å². The molecule has 0 aromatic carbocycles. The van der Waals surface area contributed by atoms with E-state index < -0.39 is 0 Å². The highest BCUT2D eigenvalue weighted by Crippen LogP contribution is 2.51. The van der Waals surface area contributed by atoms with Gasteiger partial charge in [0.15, 0.2) is 0 Å². The monoisotopic (exact) mass is 242 g/mol. The van der Waals surface area contributed by atoms with Crippen molar-refractivity contribution < 1.29 is 4.79 Å². The van der Waals surface area contributed by atoms with Gasteiger partial charge in [-0.15, -0.1) is 0 Å². The molecule has 2 aliphatic rings. The van der Waals surface area contributed by atoms with Gasteiger partial charge in [0.25, 0.3) is 0 Å². The van der Waals surface area contributed by atoms with Gasteiger partial charge >= 0.3 is 0 Å². The number of hydrogen-bond acceptors (Lipinski definition) is 3. The molecule has 0 spiro atoms. The first-order valence-electron chi connectivity index (χ1n) is 6.23. The Hall–Kier alpha value is -0.220. The normalized spacial score (nSPS) is 27.8. The van der Waals surface area contributed by atoms with E-state index in [1.54, 1.807) is 0 Å². The standard InChI is InChI=1S/C12H22N2OS/c1-9(2)12(3-4-12)8-14-11(15)10-7-16-6-5-13-10/h9-10,13H,3-8H2,1-2H3,(H,14,15). The van der Waals surface area contributed by atoms with E-state index >= 15 is 0 Å². The van der Waals surface area contributed by atoms with Crippen LogP contribution in [-0.4, -0.2) is 36.5 Å². The van der Waals surface area contributed by atoms with E-state index in [-0.39, 0.29) is 11.9 Å². The average Bonchev–Trinajstić information content (AvgIpc) is 3.08. The molecule has 0 radical (unpaired) electrons. The van der Waals surface area contributed by atoms with Crippen LogP contribution in [-0.2, 0) is 4.79 Å². The maximum absolute atomic E-state index is 11.9. The van der Waals surface area contributed by atoms with Crippen LogP contribution in [0.3, 0.4) is 0 Å². The number of thioether (sulfide) groups is 1. The largest absolute Gasteiger partial charge is 0.354 e. The van der Waals surface area contributed by atoms with Crippen LogP contribution in [0.4, 0.5) is 0 Å². The number of carbonyl (C=O) groups excluding carboxylic acids is 1. The van der Waals surface area contributed by atoms with E-state index in [0.29, 0.717) is 11.3 Å². The molecular formula is C12H22N2OS. The van der Waals surface area contributed by atoms with Crippen LogP contribution in [0.25, 0.3) is 0 Å². The molecule has 0 bridgehead atoms. The molecular weight excluding hydrogens is 220 g/mol. The molecule has 2 fully saturated rings. The Morgan fingerprint density at radius 3 is 2.81 bits per heavy atom. The summed E-state index contributed by atoms with van der Waals surface area (Å²) >= 11 is 1.86. The van der Waals surface area contributed by atoms with Crippen LogP contribution in [0.5, 0.6) is 0 Å². The van der Waals surface area contributed by atoms with Crippen molar-refractivity contribution in [2.75, 3.05) is 24.6 Å². The van der Waals surface area contributed by atoms with Crippen molar-refractivity contribution in [1.82, 2.24) is 10.6 Å². The number of carbonyl (C=O) groups is 1. The predicted octanol–water partition coefficient (Wildman–Crippen LogP) is 1.24. The van der Waals surface area contributed by atoms with Crippen molar-refractivity contribution in [3.8, 4) is 0 Å². The lowest BCUT2D eigenvalue weighted by atomic mass is 9.92. The number of hydrogen-bond donors (Lipinski definition) is 2. The van der Waals surface area contributed by atoms with Crippen LogP contribution in [0, 0.1) is 11.3 Å². The molecule has 3 nitrogen and oxygen atoms in total. The molecule has 2 rings (SSSR count). The molecule has 1 saturated heterocycles. The summed E-state index contributed by atoms with van der Waals surface area (Å²) in [6.45, 7) is 6.34. The third-order valence-electron chi connectivity index (χ3n) is 3.97. The summed E-state index contributed by atoms with van der Waals surface area (Å²) in [5.74, 6) is 2.92. The molecule has 1 amide bonds. The van der Waals surface area contributed by atoms with Gasteiger partial charge in [-0.1, -0.05) is 13.8 Å². The zero-order chi connectivity index (χ0) is 11.6. The maximum Gasteiger partial charge on any atom is 0.238 e. The molecule has 4 heteroatoms. The molecule has 92 valence electrons. The first-order chi connectivity index (χ1) is 7.64. The van der Waals surface area contributed by atoms with Gasteiger partial charge in [-0.3, -0.25) is 4.79 Å². The highest BCUT2D eigenvalue weighted by atomic mass is 32.2. The summed E-state index contributed by atoms with van der Waals surface area (Å²) in [5, 5.41) is 6.39. The minimum Gasteiger partial charge on any atom is -0.354 e. The SMILES string of the molecule is CC(C)C1(CNC(=O)C2CSCCN2)CC1. The Morgan fingerprint density at radius 2 is 2.31 bits per heavy atom. The molecule has 16 heavy (non-hydrogen) atoms. The fourth-order valence-electron chi connectivity index (χ4n) is 2.24. The van der Waals surface area contributed by atoms with E-state index in [1.807, 2.05) is 11.8 Å². The third kappa shape index (κ3) is 2.72. The van der Waals surface area contributed by atoms with Gasteiger partial charge in [0.05, 0.1) is 6.04 Å². The second kappa shape index (κ2) is 4.96. The van der Waals surface area contributed by atoms with Crippen LogP contribution < -0.4 is 10.6 Å². The fraction of sp³-hybridized carbons (Fsp3) is 0.917. The van der Waals surface area contributed by atoms with E-state index in [4.69, 9.17) is 0 Å². The van der Waals surface area contributed by atoms with Crippen molar-refractivity contribution in [1.29, 1.82) is 0 Å². The lowest BCUT2D eigenvalue weighted by Gasteiger charge is -2.25. The minimum absolute atomic E-state index is 0.0294. The Balaban J connectivity index is 1.75. The summed E-state index contributed by atoms with van der Waals surface area (Å²) in [6, 6.07) is 0.0294. The second-order valence-corrected chi connectivity index (χ2v) is 6.47. The van der Waals surface area contributed by atoms with Crippen LogP contribution in [0.1, 0.15) is 26.7 Å². The lowest BCUT2D eigenvalue weighted by molar-refractivity contribution is -0.123. The van der Waals surface area contributed by atoms with Gasteiger partial charge < -0.3 is 10.6 Å². The quantitative estimate of drug-likeness (QED) is 0.779. The summed E-state index contributed by atoms with van der Waals surface area (Å²) < 4.78 is 0. The fourth-order valence-corrected chi connectivity index (χ4v) is 3.17. The maximum atomic E-state index is 11.9. The summed E-state index contributed by atoms with van der Waals surface area (Å²) in [4.78, 5) is 11.9. The van der Waals surface area contributed by atoms with Crippen LogP contribution in [0.15, 0.2) is 0 Å². The minimum atomic E-state index is 0.0294. The summed E-state index contributed by atoms with van der Waals surface area (Å²) in [7, 11) is 0. The second-order valence-electron chi connectivity index (χ2n) is 5.32. The Kier molecular flexibility index (Phi) is 3.80. The van der Waals surface area contributed by atoms with Gasteiger partial charge in [0.1, 0.15) is 0 Å². The van der Waals surface area contributed by atoms with Crippen LogP contribution in [0.2, 0.25) is 0 Å². The Labute approximate surface area is 102 Å². The lowest BCUT2D eigenvalue weighted by Crippen LogP contribution is -2.50. The summed E-state index contributed by atoms with van der Waals surface area (Å²) in [6.07, 6.45) is 2.55. The predicted molar refractivity (Wildman–Crippen MR) is 68.6 cm³/mol. The first kappa shape index (κ1) is 12.2. The molecule has 1 saturated carbocycles. The van der Waals surface area contributed by atoms with E-state index in [0.717, 1.165) is 24.6 Å². The number of amides is 1. The van der Waals surface area contributed by atoms with Crippen molar-refractivity contribution in [2.24, 2.45) is 11.3 Å². The highest BCUT2D eigenvalue weighted by molar-refractivity contribution is 7.99. The zero-order valence-electron chi connectivity index (χ0n) is 10.2. The van der Waals surface area contributed by atoms with Gasteiger partial charge in [0.2, 0.25) is 5.91 Å². The van der Waals surface area contributed by atoms with Gasteiger partial charge in [-0.2, -0.15) is 11.8 Å². The molecule has 1 heterocycles. The van der Waals surface area contributed by atoms with Gasteiger partial charge in [0, 0.05) is 24.6 Å². The van der Waals surface area contributed by atoms with Crippen LogP contribution >= 0.6 is 11.8 Å². The van der Waals surface area contributed by atoms with E-state index in [1.165, 1.54) is 12.8 Å². The molecule has 2 N–H and O–H groups in total. The van der Waals surface area contributed by atoms with Gasteiger partial charge in [-0.05, 0) is 24.2 Å². The van der Waals surface area contributed by atoms with E-state index in [2.05, 4.69) is 24.5 Å². The van der Waals surface area contributed by atoms with Gasteiger partial charge in [-0.25, -0.2) is 0 Å². The highest BCUT2D eigenvalue weighted by Gasteiger charge is 2.45. The van der Waals surface area contributed by atoms with Crippen molar-refractivity contribution in [3.63, 3.8) is 0 Å². The molecule has 1 unspecified atom stereocenters. The topological polar surface area (TPSA) is 41.1 Å². The van der Waals surface area contributed by atoms with Crippen molar-refractivity contribution in [3.05, 3.63) is 0 Å². The number of rotatable bonds is 4. The van der Waals surface area contributed by atoms with E-state index in [9.17, 15) is 4.79 Å². The first-order valence-corrected chi connectivity index (χ1v) is 7.38. The molecule has 1 aliphatic heterocycles. The summed E-state index contributed by atoms with van der Waals surface area (Å²) in [5.41, 5.74) is 0.414.